The molecule has 0 aliphatic heterocycles. The Balaban J connectivity index is -0.00000000281. The summed E-state index contributed by atoms with van der Waals surface area (Å²) in [5.74, 6) is 1.77. The van der Waals surface area contributed by atoms with Crippen LogP contribution in [0.3, 0.4) is 0 Å². The molecule has 0 heterocycles. The van der Waals surface area contributed by atoms with E-state index in [0.29, 0.717) is 0 Å². The monoisotopic (exact) mass is 1480 g/mol. The van der Waals surface area contributed by atoms with Crippen LogP contribution < -0.4 is 0 Å². The molecule has 0 saturated heterocycles. The summed E-state index contributed by atoms with van der Waals surface area (Å²) in [6, 6.07) is 0. The maximum Gasteiger partial charge on any atom is 0 e. The Hall–Kier alpha value is 26.5. The van der Waals surface area contributed by atoms with Gasteiger partial charge in [0.15, 0.2) is 0 Å². The fourth-order valence-corrected chi connectivity index (χ4v) is 0. The van der Waals surface area contributed by atoms with Crippen LogP contribution in [0.15, 0.2) is 0 Å². The van der Waals surface area contributed by atoms with Crippen LogP contribution >= 0.6 is 0 Å². The van der Waals surface area contributed by atoms with E-state index in [9.17, 15) is 0 Å². The third-order valence-electron chi connectivity index (χ3n) is 3.13. The van der Waals surface area contributed by atoms with Gasteiger partial charge in [0.05, 0.1) is 0 Å². The Morgan fingerprint density at radius 2 is 0.219 bits per heavy atom. The first-order valence-electron chi connectivity index (χ1n) is 17.1. The Morgan fingerprint density at radius 3 is 0.219 bits per heavy atom. The van der Waals surface area contributed by atoms with Gasteiger partial charge in [0.2, 0.25) is 0 Å². The third-order valence-corrected chi connectivity index (χ3v) is 3.13. The Bertz CT molecular complexity index is 157. The Morgan fingerprint density at radius 1 is 0.188 bits per heavy atom. The predicted molar refractivity (Wildman–Crippen MR) is 236 cm³/mol. The molecule has 0 aliphatic carbocycles. The molecule has 0 bridgehead atoms. The summed E-state index contributed by atoms with van der Waals surface area (Å²) >= 11 is 0. The fourth-order valence-electron chi connectivity index (χ4n) is 0. The van der Waals surface area contributed by atoms with Gasteiger partial charge in [-0.25, -0.2) is 0 Å². The van der Waals surface area contributed by atoms with Gasteiger partial charge in [0.25, 0.3) is 0 Å². The second-order valence-electron chi connectivity index (χ2n) is 8.02. The van der Waals surface area contributed by atoms with Crippen LogP contribution in [0.1, 0.15) is 282 Å². The van der Waals surface area contributed by atoms with Gasteiger partial charge in [0, 0.05) is 793 Å². The number of rotatable bonds is 5. The zero-order valence-electron chi connectivity index (χ0n) is 39.7. The van der Waals surface area contributed by atoms with E-state index in [2.05, 4.69) is 111 Å². The van der Waals surface area contributed by atoms with E-state index in [0.717, 1.165) is 11.8 Å². The van der Waals surface area contributed by atoms with Crippen molar-refractivity contribution in [2.24, 2.45) is 11.8 Å². The van der Waals surface area contributed by atoms with E-state index in [1.54, 1.807) is 0 Å². The number of hydrogen-bond donors (Lipinski definition) is 0. The second kappa shape index (κ2) is 388. The fraction of sp³-hybridized carbons (Fsp3) is 1.00. The summed E-state index contributed by atoms with van der Waals surface area (Å²) in [4.78, 5) is 0. The first-order valence-corrected chi connectivity index (χ1v) is 17.1. The van der Waals surface area contributed by atoms with Crippen molar-refractivity contribution < 1.29 is 793 Å². The van der Waals surface area contributed by atoms with E-state index >= 15 is 0 Å². The Labute approximate surface area is 1050 Å². The van der Waals surface area contributed by atoms with Gasteiger partial charge >= 0.3 is 0 Å². The van der Waals surface area contributed by atoms with E-state index < -0.39 is 0 Å². The molecule has 0 radical (unpaired) electrons. The third kappa shape index (κ3) is 604. The molecule has 0 aromatic rings. The standard InChI is InChI=1S/2C5H12.3C4H10.2C3H8.4C2H6.7CH4.21Ar/c2*1-4-5(2)3;3*1-3-4-2;2*1-3-2;4*1-2;;;;;;;;;;;;;;;;;;;;;;;;;;;;/h2*5H,4H2,1-3H3;3*3-4H2,1-2H3;2*3H2,1-2H3;4*1-2H3;7*1H4;;;;;;;;;;;;;;;;;;;;;. The topological polar surface area (TPSA) is 0 Å². The minimum atomic E-state index is 0. The van der Waals surface area contributed by atoms with Gasteiger partial charge in [-0.3, -0.25) is 0 Å². The van der Waals surface area contributed by atoms with Crippen LogP contribution in [0.5, 0.6) is 0 Å². The maximum absolute atomic E-state index is 2.22. The largest absolute Gasteiger partial charge is 0.0776 e. The molecule has 0 aliphatic rings. The van der Waals surface area contributed by atoms with Crippen molar-refractivity contribution in [3.05, 3.63) is 0 Å². The van der Waals surface area contributed by atoms with Crippen LogP contribution in [0, 0.1) is 804 Å². The average molecular weight is 1480 g/mol. The molecule has 462 valence electrons. The first kappa shape index (κ1) is 273. The molecule has 0 amide bonds. The summed E-state index contributed by atoms with van der Waals surface area (Å²) in [5.41, 5.74) is 0. The molecular weight excluding hydrogens is 1360 g/mol. The van der Waals surface area contributed by atoms with E-state index in [1.165, 1.54) is 64.2 Å². The van der Waals surface area contributed by atoms with E-state index in [1.807, 2.05) is 55.4 Å². The van der Waals surface area contributed by atoms with Gasteiger partial charge in [-0.1, -0.05) is 282 Å². The van der Waals surface area contributed by atoms with Crippen molar-refractivity contribution in [1.29, 1.82) is 0 Å². The normalized spacial score (nSPS) is 3.84. The molecule has 0 fully saturated rings. The maximum atomic E-state index is 2.22. The minimum Gasteiger partial charge on any atom is -0.0776 e. The van der Waals surface area contributed by atoms with E-state index in [4.69, 9.17) is 0 Å². The molecule has 0 aromatic heterocycles. The summed E-state index contributed by atoms with van der Waals surface area (Å²) in [5, 5.41) is 0. The Kier molecular flexibility index (Phi) is 1660. The first-order chi connectivity index (χ1) is 17.1. The summed E-state index contributed by atoms with van der Waals surface area (Å²) < 4.78 is 0. The molecule has 0 unspecified atom stereocenters. The molecule has 64 heavy (non-hydrogen) atoms. The molecule has 21 heteroatoms. The van der Waals surface area contributed by atoms with Crippen LogP contribution in [-0.4, -0.2) is 0 Å². The quantitative estimate of drug-likeness (QED) is 0.257. The van der Waals surface area contributed by atoms with Gasteiger partial charge in [0.1, 0.15) is 0 Å². The molecule has 0 spiro atoms. The average Bonchev–Trinajstić information content (AvgIpc) is 2.94. The minimum absolute atomic E-state index is 0. The van der Waals surface area contributed by atoms with Crippen molar-refractivity contribution in [3.63, 3.8) is 0 Å². The summed E-state index contributed by atoms with van der Waals surface area (Å²) in [6.07, 6.45) is 13.0. The zero-order chi connectivity index (χ0) is 32.2. The van der Waals surface area contributed by atoms with Gasteiger partial charge in [-0.05, 0) is 11.8 Å². The van der Waals surface area contributed by atoms with Gasteiger partial charge in [-0.15, -0.1) is 0 Å². The van der Waals surface area contributed by atoms with E-state index in [-0.39, 0.29) is 844 Å². The number of unbranched alkanes of at least 4 members (excludes halogenated alkanes) is 3. The van der Waals surface area contributed by atoms with Crippen LogP contribution in [0.25, 0.3) is 0 Å². The van der Waals surface area contributed by atoms with Gasteiger partial charge < -0.3 is 0 Å². The van der Waals surface area contributed by atoms with Crippen LogP contribution in [-0.2, 0) is 0 Å². The van der Waals surface area contributed by atoms with Crippen molar-refractivity contribution in [3.8, 4) is 0 Å². The molecule has 0 N–H and O–H groups in total. The molecule has 0 atom stereocenters. The number of hydrogen-bond acceptors (Lipinski definition) is 0. The summed E-state index contributed by atoms with van der Waals surface area (Å²) in [7, 11) is 0. The molecule has 0 saturated carbocycles. The summed E-state index contributed by atoms with van der Waals surface area (Å²) in [6.45, 7) is 50.9. The molecule has 0 nitrogen and oxygen atoms in total. The van der Waals surface area contributed by atoms with Gasteiger partial charge in [-0.2, -0.15) is 0 Å². The smallest absolute Gasteiger partial charge is 0 e. The SMILES string of the molecule is C.C.C.C.C.C.C.CC.CC.CC.CC.CCC.CCC.CCC(C)C.CCC(C)C.CCCC.CCCC.CCCC.[Ar].[Ar].[Ar].[Ar].[Ar].[Ar].[Ar].[Ar].[Ar].[Ar].[Ar].[Ar].[Ar].[Ar].[Ar].[Ar].[Ar].[Ar].[Ar].[Ar].[Ar]. The zero-order valence-corrected chi connectivity index (χ0v) is 54.5. The van der Waals surface area contributed by atoms with Crippen LogP contribution in [0.2, 0.25) is 0 Å². The van der Waals surface area contributed by atoms with Crippen molar-refractivity contribution in [2.75, 3.05) is 0 Å². The molecule has 0 aromatic carbocycles. The van der Waals surface area contributed by atoms with Crippen molar-refractivity contribution in [2.45, 2.75) is 282 Å². The second-order valence-corrected chi connectivity index (χ2v) is 8.02. The van der Waals surface area contributed by atoms with Crippen molar-refractivity contribution >= 4 is 0 Å². The van der Waals surface area contributed by atoms with Crippen LogP contribution in [0.4, 0.5) is 0 Å². The predicted octanol–water partition coefficient (Wildman–Crippen LogP) is 20.9. The van der Waals surface area contributed by atoms with Crippen molar-refractivity contribution in [1.82, 2.24) is 0 Å². The molecular formula is C43H122Ar21. The molecule has 0 rings (SSSR count).